The van der Waals surface area contributed by atoms with Gasteiger partial charge >= 0.3 is 0 Å². The smallest absolute Gasteiger partial charge is 0.269 e. The fourth-order valence-electron chi connectivity index (χ4n) is 5.23. The Bertz CT molecular complexity index is 1390. The number of hydrogen-bond acceptors (Lipinski definition) is 6. The number of likely N-dealkylation sites (tertiary alicyclic amines) is 1. The summed E-state index contributed by atoms with van der Waals surface area (Å²) in [6.45, 7) is 3.07. The lowest BCUT2D eigenvalue weighted by Gasteiger charge is -2.42. The number of oxime groups is 1. The minimum Gasteiger partial charge on any atom is -0.489 e. The molecule has 1 saturated heterocycles. The van der Waals surface area contributed by atoms with Crippen molar-refractivity contribution in [2.75, 3.05) is 13.1 Å². The number of carbonyl (C=O) groups excluding carboxylic acids is 1. The molecule has 9 heteroatoms. The number of ether oxygens (including phenoxy) is 1. The summed E-state index contributed by atoms with van der Waals surface area (Å²) in [7, 11) is 0. The number of amides is 1. The van der Waals surface area contributed by atoms with Crippen molar-refractivity contribution in [2.45, 2.75) is 63.3 Å². The van der Waals surface area contributed by atoms with E-state index in [1.807, 2.05) is 23.1 Å². The van der Waals surface area contributed by atoms with Crippen LogP contribution in [-0.2, 0) is 16.9 Å². The lowest BCUT2D eigenvalue weighted by Crippen LogP contribution is -2.59. The van der Waals surface area contributed by atoms with Crippen molar-refractivity contribution < 1.29 is 24.2 Å². The Morgan fingerprint density at radius 2 is 1.87 bits per heavy atom. The minimum absolute atomic E-state index is 0.0453. The molecular weight excluding hydrogens is 521 g/mol. The predicted octanol–water partition coefficient (Wildman–Crippen LogP) is 5.38. The van der Waals surface area contributed by atoms with Crippen molar-refractivity contribution in [1.82, 2.24) is 10.2 Å². The molecule has 0 unspecified atom stereocenters. The van der Waals surface area contributed by atoms with Gasteiger partial charge in [-0.25, -0.2) is 4.39 Å². The lowest BCUT2D eigenvalue weighted by atomic mass is 9.93. The number of rotatable bonds is 10. The molecule has 2 atom stereocenters. The third-order valence-electron chi connectivity index (χ3n) is 7.61. The number of hydrogen-bond donors (Lipinski definition) is 3. The van der Waals surface area contributed by atoms with Gasteiger partial charge in [0.05, 0.1) is 17.2 Å². The van der Waals surface area contributed by atoms with Crippen LogP contribution in [0.15, 0.2) is 59.8 Å². The van der Waals surface area contributed by atoms with Crippen LogP contribution < -0.4 is 10.1 Å². The third kappa shape index (κ3) is 6.03. The van der Waals surface area contributed by atoms with Gasteiger partial charge in [0.15, 0.2) is 5.72 Å². The normalized spacial score (nSPS) is 18.6. The van der Waals surface area contributed by atoms with Crippen LogP contribution in [0.4, 0.5) is 4.39 Å². The monoisotopic (exact) mass is 553 g/mol. The highest BCUT2D eigenvalue weighted by atomic mass is 35.5. The Kier molecular flexibility index (Phi) is 8.07. The Hall–Kier alpha value is -3.20. The van der Waals surface area contributed by atoms with Gasteiger partial charge in [0.1, 0.15) is 17.3 Å². The summed E-state index contributed by atoms with van der Waals surface area (Å²) in [6.07, 6.45) is 4.70. The first-order valence-electron chi connectivity index (χ1n) is 13.4. The van der Waals surface area contributed by atoms with E-state index in [-0.39, 0.29) is 24.1 Å². The lowest BCUT2D eigenvalue weighted by molar-refractivity contribution is -0.138. The van der Waals surface area contributed by atoms with Gasteiger partial charge in [-0.1, -0.05) is 47.1 Å². The van der Waals surface area contributed by atoms with Crippen LogP contribution in [0, 0.1) is 5.82 Å². The van der Waals surface area contributed by atoms with E-state index >= 15 is 0 Å². The van der Waals surface area contributed by atoms with Crippen LogP contribution in [0.25, 0.3) is 10.8 Å². The molecule has 206 valence electrons. The maximum absolute atomic E-state index is 13.5. The van der Waals surface area contributed by atoms with Gasteiger partial charge in [0.25, 0.3) is 5.91 Å². The summed E-state index contributed by atoms with van der Waals surface area (Å²) in [5, 5.41) is 29.9. The van der Waals surface area contributed by atoms with E-state index in [0.29, 0.717) is 35.8 Å². The highest BCUT2D eigenvalue weighted by molar-refractivity contribution is 6.38. The molecule has 2 fully saturated rings. The first-order valence-corrected chi connectivity index (χ1v) is 13.8. The number of nitrogens with one attached hydrogen (secondary N) is 1. The van der Waals surface area contributed by atoms with Crippen LogP contribution in [0.5, 0.6) is 5.75 Å². The zero-order valence-electron chi connectivity index (χ0n) is 21.9. The molecule has 0 aromatic heterocycles. The largest absolute Gasteiger partial charge is 0.489 e. The van der Waals surface area contributed by atoms with E-state index in [1.54, 1.807) is 31.2 Å². The Labute approximate surface area is 232 Å². The van der Waals surface area contributed by atoms with Crippen molar-refractivity contribution >= 4 is 34.0 Å². The summed E-state index contributed by atoms with van der Waals surface area (Å²) in [4.78, 5) is 15.1. The van der Waals surface area contributed by atoms with Gasteiger partial charge in [-0.05, 0) is 79.6 Å². The summed E-state index contributed by atoms with van der Waals surface area (Å²) in [5.74, 6) is -0.281. The number of fused-ring (bicyclic) bond motifs is 1. The van der Waals surface area contributed by atoms with Crippen LogP contribution in [-0.4, -0.2) is 52.1 Å². The first-order chi connectivity index (χ1) is 18.8. The Morgan fingerprint density at radius 3 is 2.56 bits per heavy atom. The summed E-state index contributed by atoms with van der Waals surface area (Å²) in [6, 6.07) is 14.7. The van der Waals surface area contributed by atoms with Gasteiger partial charge in [-0.15, -0.1) is 0 Å². The first kappa shape index (κ1) is 27.4. The fraction of sp³-hybridized carbons (Fsp3) is 0.400. The second kappa shape index (κ2) is 11.5. The zero-order valence-corrected chi connectivity index (χ0v) is 22.6. The van der Waals surface area contributed by atoms with Crippen molar-refractivity contribution in [1.29, 1.82) is 0 Å². The molecule has 1 saturated carbocycles. The molecule has 1 aliphatic carbocycles. The van der Waals surface area contributed by atoms with Crippen LogP contribution in [0.2, 0.25) is 5.02 Å². The van der Waals surface area contributed by atoms with Gasteiger partial charge in [-0.2, -0.15) is 0 Å². The number of carbonyl (C=O) groups is 1. The molecule has 39 heavy (non-hydrogen) atoms. The molecular formula is C30H33ClFN3O4. The molecule has 3 N–H and O–H groups in total. The minimum atomic E-state index is -1.53. The number of halogens is 2. The molecule has 5 rings (SSSR count). The molecule has 1 heterocycles. The summed E-state index contributed by atoms with van der Waals surface area (Å²) >= 11 is 6.53. The highest BCUT2D eigenvalue weighted by Gasteiger charge is 2.44. The molecule has 3 aromatic rings. The zero-order chi connectivity index (χ0) is 27.6. The number of benzene rings is 3. The quantitative estimate of drug-likeness (QED) is 0.178. The average molecular weight is 554 g/mol. The van der Waals surface area contributed by atoms with Crippen molar-refractivity contribution in [3.63, 3.8) is 0 Å². The molecule has 3 aromatic carbocycles. The average Bonchev–Trinajstić information content (AvgIpc) is 3.57. The third-order valence-corrected chi connectivity index (χ3v) is 7.91. The molecule has 0 radical (unpaired) electrons. The van der Waals surface area contributed by atoms with E-state index in [2.05, 4.69) is 10.5 Å². The van der Waals surface area contributed by atoms with Crippen molar-refractivity contribution in [3.8, 4) is 5.75 Å². The molecule has 0 bridgehead atoms. The second-order valence-corrected chi connectivity index (χ2v) is 10.9. The Balaban J connectivity index is 1.30. The summed E-state index contributed by atoms with van der Waals surface area (Å²) in [5.41, 5.74) is -0.0912. The SMILES string of the molecule is C[C@@H](NC(=O)C(CCc1ccc2cc(F)ccc2c1)=NO)[C@](O)(c1ccc(OC2CC2)c(Cl)c1)N1CCCC1. The number of aliphatic hydroxyl groups is 1. The van der Waals surface area contributed by atoms with E-state index in [9.17, 15) is 19.5 Å². The van der Waals surface area contributed by atoms with Crippen molar-refractivity contribution in [2.24, 2.45) is 5.16 Å². The fourth-order valence-corrected chi connectivity index (χ4v) is 5.45. The van der Waals surface area contributed by atoms with Crippen molar-refractivity contribution in [3.05, 3.63) is 76.6 Å². The molecule has 0 spiro atoms. The predicted molar refractivity (Wildman–Crippen MR) is 149 cm³/mol. The van der Waals surface area contributed by atoms with Gasteiger partial charge in [0, 0.05) is 25.1 Å². The standard InChI is InChI=1S/C30H33ClFN3O4/c1-19(30(37,35-14-2-3-15-35)23-8-13-28(26(31)18-23)39-25-10-11-25)33-29(36)27(34-38)12-5-20-4-6-22-17-24(32)9-7-21(22)16-20/h4,6-9,13,16-19,25,37-38H,2-3,5,10-12,14-15H2,1H3,(H,33,36)/t19-,30+/m1/s1. The van der Waals surface area contributed by atoms with Crippen LogP contribution in [0.1, 0.15) is 50.2 Å². The molecule has 1 amide bonds. The number of aryl methyl sites for hydroxylation is 1. The molecule has 7 nitrogen and oxygen atoms in total. The maximum Gasteiger partial charge on any atom is 0.269 e. The van der Waals surface area contributed by atoms with Gasteiger partial charge in [0.2, 0.25) is 0 Å². The highest BCUT2D eigenvalue weighted by Crippen LogP contribution is 2.38. The van der Waals surface area contributed by atoms with E-state index < -0.39 is 17.7 Å². The van der Waals surface area contributed by atoms with E-state index in [0.717, 1.165) is 42.0 Å². The Morgan fingerprint density at radius 1 is 1.15 bits per heavy atom. The molecule has 1 aliphatic heterocycles. The number of nitrogens with zero attached hydrogens (tertiary/aromatic N) is 2. The van der Waals surface area contributed by atoms with E-state index in [1.165, 1.54) is 12.1 Å². The maximum atomic E-state index is 13.5. The summed E-state index contributed by atoms with van der Waals surface area (Å²) < 4.78 is 19.3. The van der Waals surface area contributed by atoms with Gasteiger partial charge in [-0.3, -0.25) is 9.69 Å². The van der Waals surface area contributed by atoms with Crippen LogP contribution in [0.3, 0.4) is 0 Å². The van der Waals surface area contributed by atoms with Gasteiger partial charge < -0.3 is 20.4 Å². The van der Waals surface area contributed by atoms with E-state index in [4.69, 9.17) is 16.3 Å². The molecule has 2 aliphatic rings. The topological polar surface area (TPSA) is 94.4 Å². The second-order valence-electron chi connectivity index (χ2n) is 10.5. The van der Waals surface area contributed by atoms with Crippen LogP contribution >= 0.6 is 11.6 Å².